The minimum absolute atomic E-state index is 0.0763. The Balaban J connectivity index is 1.69. The predicted octanol–water partition coefficient (Wildman–Crippen LogP) is 3.03. The SMILES string of the molecule is O=C1NC2(CCCCC2)Nc2cc(C3=CCN=C3)sc21. The molecular weight excluding hydrogens is 270 g/mol. The van der Waals surface area contributed by atoms with E-state index in [-0.39, 0.29) is 11.6 Å². The molecule has 3 aliphatic rings. The highest BCUT2D eigenvalue weighted by atomic mass is 32.1. The fraction of sp³-hybridized carbons (Fsp3) is 0.467. The molecule has 1 saturated carbocycles. The standard InChI is InChI=1S/C15H17N3OS/c19-14-13-11(8-12(20-13)10-4-7-16-9-10)17-15(18-14)5-2-1-3-6-15/h4,8-9,17H,1-3,5-7H2,(H,18,19). The van der Waals surface area contributed by atoms with Crippen molar-refractivity contribution in [3.63, 3.8) is 0 Å². The highest BCUT2D eigenvalue weighted by Crippen LogP contribution is 2.39. The van der Waals surface area contributed by atoms with Gasteiger partial charge >= 0.3 is 0 Å². The first-order valence-corrected chi connectivity index (χ1v) is 8.02. The summed E-state index contributed by atoms with van der Waals surface area (Å²) in [6.45, 7) is 0.751. The first-order chi connectivity index (χ1) is 9.76. The molecule has 1 aliphatic carbocycles. The van der Waals surface area contributed by atoms with Crippen molar-refractivity contribution in [1.29, 1.82) is 0 Å². The highest BCUT2D eigenvalue weighted by molar-refractivity contribution is 7.16. The Bertz CT molecular complexity index is 623. The Morgan fingerprint density at radius 1 is 1.20 bits per heavy atom. The van der Waals surface area contributed by atoms with Gasteiger partial charge in [0.2, 0.25) is 0 Å². The zero-order valence-electron chi connectivity index (χ0n) is 11.2. The number of hydrogen-bond donors (Lipinski definition) is 2. The molecule has 5 heteroatoms. The monoisotopic (exact) mass is 287 g/mol. The molecule has 104 valence electrons. The van der Waals surface area contributed by atoms with Gasteiger partial charge in [0.15, 0.2) is 0 Å². The number of aliphatic imine (C=N–C) groups is 1. The zero-order chi connectivity index (χ0) is 13.6. The van der Waals surface area contributed by atoms with Crippen molar-refractivity contribution < 1.29 is 4.79 Å². The van der Waals surface area contributed by atoms with Crippen LogP contribution in [0.1, 0.15) is 46.7 Å². The summed E-state index contributed by atoms with van der Waals surface area (Å²) in [5.41, 5.74) is 1.92. The van der Waals surface area contributed by atoms with E-state index in [0.29, 0.717) is 0 Å². The quantitative estimate of drug-likeness (QED) is 0.834. The number of thiophene rings is 1. The van der Waals surface area contributed by atoms with Gasteiger partial charge in [-0.15, -0.1) is 11.3 Å². The first-order valence-electron chi connectivity index (χ1n) is 7.21. The Kier molecular flexibility index (Phi) is 2.70. The van der Waals surface area contributed by atoms with E-state index in [9.17, 15) is 4.79 Å². The number of rotatable bonds is 1. The van der Waals surface area contributed by atoms with Crippen LogP contribution in [0.15, 0.2) is 17.1 Å². The molecule has 1 amide bonds. The summed E-state index contributed by atoms with van der Waals surface area (Å²) in [7, 11) is 0. The van der Waals surface area contributed by atoms with Crippen molar-refractivity contribution >= 4 is 34.7 Å². The lowest BCUT2D eigenvalue weighted by molar-refractivity contribution is 0.0881. The molecule has 1 aromatic heterocycles. The van der Waals surface area contributed by atoms with Gasteiger partial charge in [0.1, 0.15) is 10.5 Å². The average molecular weight is 287 g/mol. The van der Waals surface area contributed by atoms with Gasteiger partial charge in [-0.3, -0.25) is 9.79 Å². The van der Waals surface area contributed by atoms with E-state index in [4.69, 9.17) is 0 Å². The van der Waals surface area contributed by atoms with E-state index in [2.05, 4.69) is 27.8 Å². The third kappa shape index (κ3) is 1.88. The van der Waals surface area contributed by atoms with Crippen LogP contribution in [-0.2, 0) is 0 Å². The van der Waals surface area contributed by atoms with E-state index in [1.807, 2.05) is 6.21 Å². The molecular formula is C15H17N3OS. The van der Waals surface area contributed by atoms with Gasteiger partial charge < -0.3 is 10.6 Å². The molecule has 0 unspecified atom stereocenters. The first kappa shape index (κ1) is 12.1. The number of anilines is 1. The van der Waals surface area contributed by atoms with Crippen LogP contribution < -0.4 is 10.6 Å². The van der Waals surface area contributed by atoms with Gasteiger partial charge in [-0.05, 0) is 31.7 Å². The summed E-state index contributed by atoms with van der Waals surface area (Å²) in [4.78, 5) is 18.5. The molecule has 0 aromatic carbocycles. The molecule has 0 atom stereocenters. The van der Waals surface area contributed by atoms with Crippen molar-refractivity contribution in [2.24, 2.45) is 4.99 Å². The number of carbonyl (C=O) groups excluding carboxylic acids is 1. The maximum absolute atomic E-state index is 12.4. The Morgan fingerprint density at radius 3 is 2.80 bits per heavy atom. The lowest BCUT2D eigenvalue weighted by atomic mass is 9.87. The minimum Gasteiger partial charge on any atom is -0.361 e. The summed E-state index contributed by atoms with van der Waals surface area (Å²) >= 11 is 1.55. The second-order valence-corrected chi connectivity index (χ2v) is 6.78. The maximum atomic E-state index is 12.4. The largest absolute Gasteiger partial charge is 0.361 e. The molecule has 1 aromatic rings. The summed E-state index contributed by atoms with van der Waals surface area (Å²) in [5, 5.41) is 6.79. The van der Waals surface area contributed by atoms with Gasteiger partial charge in [-0.2, -0.15) is 0 Å². The lowest BCUT2D eigenvalue weighted by Gasteiger charge is -2.42. The smallest absolute Gasteiger partial charge is 0.265 e. The molecule has 2 N–H and O–H groups in total. The van der Waals surface area contributed by atoms with Crippen LogP contribution in [0.2, 0.25) is 0 Å². The van der Waals surface area contributed by atoms with E-state index in [1.165, 1.54) is 19.3 Å². The van der Waals surface area contributed by atoms with Crippen molar-refractivity contribution in [2.75, 3.05) is 11.9 Å². The third-order valence-electron chi connectivity index (χ3n) is 4.30. The van der Waals surface area contributed by atoms with E-state index in [1.54, 1.807) is 11.3 Å². The molecule has 1 fully saturated rings. The van der Waals surface area contributed by atoms with E-state index >= 15 is 0 Å². The number of amides is 1. The summed E-state index contributed by atoms with van der Waals surface area (Å²) < 4.78 is 0. The van der Waals surface area contributed by atoms with Crippen molar-refractivity contribution in [2.45, 2.75) is 37.8 Å². The number of fused-ring (bicyclic) bond motifs is 1. The maximum Gasteiger partial charge on any atom is 0.265 e. The highest BCUT2D eigenvalue weighted by Gasteiger charge is 2.39. The fourth-order valence-electron chi connectivity index (χ4n) is 3.28. The molecule has 2 aliphatic heterocycles. The molecule has 4 nitrogen and oxygen atoms in total. The molecule has 4 rings (SSSR count). The number of carbonyl (C=O) groups is 1. The van der Waals surface area contributed by atoms with Crippen LogP contribution in [0.3, 0.4) is 0 Å². The minimum atomic E-state index is -0.210. The van der Waals surface area contributed by atoms with Gasteiger partial charge in [0, 0.05) is 16.7 Å². The van der Waals surface area contributed by atoms with E-state index in [0.717, 1.165) is 40.4 Å². The number of nitrogens with one attached hydrogen (secondary N) is 2. The normalized spacial score (nSPS) is 23.2. The van der Waals surface area contributed by atoms with E-state index < -0.39 is 0 Å². The van der Waals surface area contributed by atoms with Crippen LogP contribution in [0.25, 0.3) is 5.57 Å². The molecule has 1 spiro atoms. The van der Waals surface area contributed by atoms with Crippen LogP contribution in [-0.4, -0.2) is 24.3 Å². The van der Waals surface area contributed by atoms with Crippen molar-refractivity contribution in [3.05, 3.63) is 21.9 Å². The molecule has 20 heavy (non-hydrogen) atoms. The van der Waals surface area contributed by atoms with Crippen LogP contribution in [0.5, 0.6) is 0 Å². The van der Waals surface area contributed by atoms with Gasteiger partial charge in [-0.25, -0.2) is 0 Å². The van der Waals surface area contributed by atoms with Gasteiger partial charge in [-0.1, -0.05) is 12.5 Å². The summed E-state index contributed by atoms with van der Waals surface area (Å²) in [6, 6.07) is 2.11. The Morgan fingerprint density at radius 2 is 2.05 bits per heavy atom. The number of allylic oxidation sites excluding steroid dienone is 1. The Hall–Kier alpha value is -1.62. The summed E-state index contributed by atoms with van der Waals surface area (Å²) in [5.74, 6) is 0.0763. The number of hydrogen-bond acceptors (Lipinski definition) is 4. The average Bonchev–Trinajstić information content (AvgIpc) is 3.07. The fourth-order valence-corrected chi connectivity index (χ4v) is 4.30. The molecule has 0 radical (unpaired) electrons. The van der Waals surface area contributed by atoms with Crippen molar-refractivity contribution in [3.8, 4) is 0 Å². The van der Waals surface area contributed by atoms with Crippen LogP contribution in [0.4, 0.5) is 5.69 Å². The van der Waals surface area contributed by atoms with Crippen LogP contribution in [0, 0.1) is 0 Å². The number of nitrogens with zero attached hydrogens (tertiary/aromatic N) is 1. The second-order valence-electron chi connectivity index (χ2n) is 5.73. The molecule has 0 saturated heterocycles. The van der Waals surface area contributed by atoms with Crippen LogP contribution >= 0.6 is 11.3 Å². The molecule has 0 bridgehead atoms. The van der Waals surface area contributed by atoms with Crippen molar-refractivity contribution in [1.82, 2.24) is 5.32 Å². The lowest BCUT2D eigenvalue weighted by Crippen LogP contribution is -2.58. The Labute approximate surface area is 122 Å². The van der Waals surface area contributed by atoms with Gasteiger partial charge in [0.05, 0.1) is 12.2 Å². The van der Waals surface area contributed by atoms with Gasteiger partial charge in [0.25, 0.3) is 5.91 Å². The molecule has 3 heterocycles. The predicted molar refractivity (Wildman–Crippen MR) is 82.6 cm³/mol. The third-order valence-corrected chi connectivity index (χ3v) is 5.49. The second kappa shape index (κ2) is 4.45. The zero-order valence-corrected chi connectivity index (χ0v) is 12.1. The topological polar surface area (TPSA) is 53.5 Å². The summed E-state index contributed by atoms with van der Waals surface area (Å²) in [6.07, 6.45) is 9.66.